The molecule has 0 bridgehead atoms. The van der Waals surface area contributed by atoms with Gasteiger partial charge >= 0.3 is 0 Å². The van der Waals surface area contributed by atoms with Gasteiger partial charge in [-0.2, -0.15) is 0 Å². The Labute approximate surface area is 169 Å². The molecule has 0 atom stereocenters. The summed E-state index contributed by atoms with van der Waals surface area (Å²) in [4.78, 5) is 40.2. The first-order valence-electron chi connectivity index (χ1n) is 9.14. The average molecular weight is 399 g/mol. The van der Waals surface area contributed by atoms with Gasteiger partial charge in [0.2, 0.25) is 0 Å². The molecule has 1 aliphatic heterocycles. The highest BCUT2D eigenvalue weighted by Crippen LogP contribution is 2.39. The van der Waals surface area contributed by atoms with Gasteiger partial charge in [0.25, 0.3) is 17.7 Å². The van der Waals surface area contributed by atoms with Crippen LogP contribution in [0.4, 0.5) is 5.69 Å². The number of alkyl halides is 1. The molecule has 2 aromatic carbocycles. The summed E-state index contributed by atoms with van der Waals surface area (Å²) in [6, 6.07) is 10.5. The molecular formula is C22H23ClN2O3. The van der Waals surface area contributed by atoms with Crippen molar-refractivity contribution in [1.82, 2.24) is 5.32 Å². The van der Waals surface area contributed by atoms with E-state index < -0.39 is 17.7 Å². The zero-order valence-electron chi connectivity index (χ0n) is 16.4. The fourth-order valence-electron chi connectivity index (χ4n) is 3.49. The Hall–Kier alpha value is -2.66. The van der Waals surface area contributed by atoms with Crippen LogP contribution in [-0.2, 0) is 5.41 Å². The second kappa shape index (κ2) is 7.40. The number of hydrogen-bond acceptors (Lipinski definition) is 3. The number of hydrogen-bond donors (Lipinski definition) is 1. The van der Waals surface area contributed by atoms with E-state index in [1.54, 1.807) is 18.2 Å². The van der Waals surface area contributed by atoms with Crippen molar-refractivity contribution in [3.8, 4) is 0 Å². The molecule has 3 amide bonds. The zero-order chi connectivity index (χ0) is 20.6. The maximum atomic E-state index is 13.3. The SMILES string of the molecule is Cc1cccc(C(C)(C)C)c1N1C(=O)c2cccc(C(=O)NCCCl)c2C1=O. The number of amides is 3. The van der Waals surface area contributed by atoms with Crippen LogP contribution in [0.2, 0.25) is 0 Å². The van der Waals surface area contributed by atoms with Gasteiger partial charge in [-0.3, -0.25) is 14.4 Å². The van der Waals surface area contributed by atoms with Crippen LogP contribution in [0.3, 0.4) is 0 Å². The normalized spacial score (nSPS) is 13.7. The van der Waals surface area contributed by atoms with Gasteiger partial charge in [0.15, 0.2) is 0 Å². The van der Waals surface area contributed by atoms with Crippen LogP contribution < -0.4 is 10.2 Å². The van der Waals surface area contributed by atoms with E-state index in [0.717, 1.165) is 11.1 Å². The fraction of sp³-hybridized carbons (Fsp3) is 0.318. The van der Waals surface area contributed by atoms with E-state index in [2.05, 4.69) is 5.32 Å². The van der Waals surface area contributed by atoms with E-state index >= 15 is 0 Å². The first-order chi connectivity index (χ1) is 13.2. The Kier molecular flexibility index (Phi) is 5.31. The molecule has 5 nitrogen and oxygen atoms in total. The lowest BCUT2D eigenvalue weighted by Crippen LogP contribution is -2.33. The van der Waals surface area contributed by atoms with Crippen molar-refractivity contribution >= 4 is 35.0 Å². The smallest absolute Gasteiger partial charge is 0.266 e. The molecule has 0 aliphatic carbocycles. The second-order valence-electron chi connectivity index (χ2n) is 7.84. The number of imide groups is 1. The summed E-state index contributed by atoms with van der Waals surface area (Å²) in [6.07, 6.45) is 0. The highest BCUT2D eigenvalue weighted by molar-refractivity contribution is 6.36. The number of nitrogens with zero attached hydrogens (tertiary/aromatic N) is 1. The molecule has 1 N–H and O–H groups in total. The number of benzene rings is 2. The van der Waals surface area contributed by atoms with Crippen molar-refractivity contribution in [3.63, 3.8) is 0 Å². The number of carbonyl (C=O) groups is 3. The Morgan fingerprint density at radius 3 is 2.39 bits per heavy atom. The average Bonchev–Trinajstić information content (AvgIpc) is 2.90. The number of halogens is 1. The number of anilines is 1. The van der Waals surface area contributed by atoms with Crippen LogP contribution in [0, 0.1) is 6.92 Å². The van der Waals surface area contributed by atoms with Crippen molar-refractivity contribution in [2.45, 2.75) is 33.1 Å². The number of nitrogens with one attached hydrogen (secondary N) is 1. The van der Waals surface area contributed by atoms with E-state index in [0.29, 0.717) is 5.69 Å². The van der Waals surface area contributed by atoms with Crippen molar-refractivity contribution in [2.75, 3.05) is 17.3 Å². The van der Waals surface area contributed by atoms with Crippen molar-refractivity contribution in [3.05, 3.63) is 64.2 Å². The van der Waals surface area contributed by atoms with Crippen LogP contribution >= 0.6 is 11.6 Å². The Morgan fingerprint density at radius 2 is 1.75 bits per heavy atom. The molecule has 146 valence electrons. The van der Waals surface area contributed by atoms with Crippen LogP contribution in [0.25, 0.3) is 0 Å². The van der Waals surface area contributed by atoms with E-state index in [4.69, 9.17) is 11.6 Å². The lowest BCUT2D eigenvalue weighted by atomic mass is 9.84. The topological polar surface area (TPSA) is 66.5 Å². The van der Waals surface area contributed by atoms with E-state index in [-0.39, 0.29) is 34.5 Å². The molecule has 6 heteroatoms. The Bertz CT molecular complexity index is 976. The molecule has 0 fully saturated rings. The third kappa shape index (κ3) is 3.31. The third-order valence-corrected chi connectivity index (χ3v) is 5.00. The molecule has 0 radical (unpaired) electrons. The second-order valence-corrected chi connectivity index (χ2v) is 8.22. The fourth-order valence-corrected chi connectivity index (χ4v) is 3.59. The molecule has 0 spiro atoms. The minimum Gasteiger partial charge on any atom is -0.351 e. The number of rotatable bonds is 4. The van der Waals surface area contributed by atoms with Gasteiger partial charge in [0.1, 0.15) is 0 Å². The largest absolute Gasteiger partial charge is 0.351 e. The number of fused-ring (bicyclic) bond motifs is 1. The van der Waals surface area contributed by atoms with Crippen LogP contribution in [0.5, 0.6) is 0 Å². The minimum absolute atomic E-state index is 0.141. The summed E-state index contributed by atoms with van der Waals surface area (Å²) < 4.78 is 0. The van der Waals surface area contributed by atoms with Crippen molar-refractivity contribution in [1.29, 1.82) is 0 Å². The summed E-state index contributed by atoms with van der Waals surface area (Å²) in [5.74, 6) is -1.04. The molecule has 0 saturated carbocycles. The quantitative estimate of drug-likeness (QED) is 0.623. The van der Waals surface area contributed by atoms with Crippen LogP contribution in [-0.4, -0.2) is 30.1 Å². The molecule has 0 unspecified atom stereocenters. The molecule has 0 aromatic heterocycles. The van der Waals surface area contributed by atoms with Gasteiger partial charge in [0.05, 0.1) is 22.4 Å². The predicted octanol–water partition coefficient (Wildman–Crippen LogP) is 4.06. The molecule has 0 saturated heterocycles. The van der Waals surface area contributed by atoms with Gasteiger partial charge < -0.3 is 5.32 Å². The summed E-state index contributed by atoms with van der Waals surface area (Å²) in [6.45, 7) is 8.27. The number of para-hydroxylation sites is 1. The first kappa shape index (κ1) is 20.1. The molecule has 2 aromatic rings. The highest BCUT2D eigenvalue weighted by atomic mass is 35.5. The standard InChI is InChI=1S/C22H23ClN2O3/c1-13-7-5-10-16(22(2,3)4)18(13)25-20(27)15-9-6-8-14(17(15)21(25)28)19(26)24-12-11-23/h5-10H,11-12H2,1-4H3,(H,24,26). The third-order valence-electron chi connectivity index (χ3n) is 4.81. The molecular weight excluding hydrogens is 376 g/mol. The summed E-state index contributed by atoms with van der Waals surface area (Å²) >= 11 is 5.64. The minimum atomic E-state index is -0.476. The molecule has 1 heterocycles. The van der Waals surface area contributed by atoms with E-state index in [1.165, 1.54) is 4.90 Å². The number of carbonyl (C=O) groups excluding carboxylic acids is 3. The van der Waals surface area contributed by atoms with Crippen molar-refractivity contribution in [2.24, 2.45) is 0 Å². The maximum absolute atomic E-state index is 13.3. The lowest BCUT2D eigenvalue weighted by molar-refractivity contribution is 0.0910. The van der Waals surface area contributed by atoms with E-state index in [1.807, 2.05) is 45.9 Å². The molecule has 28 heavy (non-hydrogen) atoms. The Morgan fingerprint density at radius 1 is 1.07 bits per heavy atom. The molecule has 3 rings (SSSR count). The molecule has 1 aliphatic rings. The lowest BCUT2D eigenvalue weighted by Gasteiger charge is -2.28. The number of aryl methyl sites for hydroxylation is 1. The summed E-state index contributed by atoms with van der Waals surface area (Å²) in [5, 5.41) is 2.66. The predicted molar refractivity (Wildman–Crippen MR) is 111 cm³/mol. The van der Waals surface area contributed by atoms with Crippen LogP contribution in [0.15, 0.2) is 36.4 Å². The maximum Gasteiger partial charge on any atom is 0.266 e. The van der Waals surface area contributed by atoms with E-state index in [9.17, 15) is 14.4 Å². The van der Waals surface area contributed by atoms with Crippen molar-refractivity contribution < 1.29 is 14.4 Å². The van der Waals surface area contributed by atoms with Gasteiger partial charge in [-0.15, -0.1) is 11.6 Å². The van der Waals surface area contributed by atoms with Crippen LogP contribution in [0.1, 0.15) is 63.0 Å². The first-order valence-corrected chi connectivity index (χ1v) is 9.68. The summed E-state index contributed by atoms with van der Waals surface area (Å²) in [5.41, 5.74) is 2.62. The zero-order valence-corrected chi connectivity index (χ0v) is 17.2. The van der Waals surface area contributed by atoms with Gasteiger partial charge in [-0.05, 0) is 35.6 Å². The monoisotopic (exact) mass is 398 g/mol. The van der Waals surface area contributed by atoms with Gasteiger partial charge in [-0.1, -0.05) is 45.0 Å². The Balaban J connectivity index is 2.15. The summed E-state index contributed by atoms with van der Waals surface area (Å²) in [7, 11) is 0. The van der Waals surface area contributed by atoms with Gasteiger partial charge in [0, 0.05) is 12.4 Å². The van der Waals surface area contributed by atoms with Gasteiger partial charge in [-0.25, -0.2) is 4.90 Å². The highest BCUT2D eigenvalue weighted by Gasteiger charge is 2.41.